The minimum Gasteiger partial charge on any atom is -0.337 e. The van der Waals surface area contributed by atoms with Crippen LogP contribution in [0, 0.1) is 0 Å². The molecule has 1 aromatic heterocycles. The third-order valence-corrected chi connectivity index (χ3v) is 4.67. The summed E-state index contributed by atoms with van der Waals surface area (Å²) >= 11 is 1.81. The first kappa shape index (κ1) is 14.5. The monoisotopic (exact) mass is 280 g/mol. The zero-order chi connectivity index (χ0) is 13.5. The zero-order valence-corrected chi connectivity index (χ0v) is 12.6. The third-order valence-electron chi connectivity index (χ3n) is 3.64. The summed E-state index contributed by atoms with van der Waals surface area (Å²) in [6.45, 7) is 5.35. The Hall–Kier alpha value is -0.870. The van der Waals surface area contributed by atoms with Crippen molar-refractivity contribution in [2.45, 2.75) is 45.6 Å². The fourth-order valence-corrected chi connectivity index (χ4v) is 3.33. The predicted octanol–water partition coefficient (Wildman–Crippen LogP) is 2.80. The Morgan fingerprint density at radius 3 is 3.16 bits per heavy atom. The number of rotatable bonds is 7. The van der Waals surface area contributed by atoms with Crippen LogP contribution in [0.2, 0.25) is 0 Å². The van der Waals surface area contributed by atoms with Crippen LogP contribution >= 0.6 is 11.3 Å². The Bertz CT molecular complexity index is 403. The Morgan fingerprint density at radius 1 is 1.42 bits per heavy atom. The molecule has 1 N–H and O–H groups in total. The van der Waals surface area contributed by atoms with Crippen LogP contribution in [0.15, 0.2) is 11.4 Å². The first-order valence-corrected chi connectivity index (χ1v) is 8.23. The summed E-state index contributed by atoms with van der Waals surface area (Å²) in [6.07, 6.45) is 6.02. The Kier molecular flexibility index (Phi) is 5.86. The van der Waals surface area contributed by atoms with Gasteiger partial charge in [0.05, 0.1) is 6.54 Å². The summed E-state index contributed by atoms with van der Waals surface area (Å²) in [7, 11) is 0. The van der Waals surface area contributed by atoms with Gasteiger partial charge in [-0.2, -0.15) is 0 Å². The molecule has 106 valence electrons. The van der Waals surface area contributed by atoms with E-state index >= 15 is 0 Å². The smallest absolute Gasteiger partial charge is 0.236 e. The molecule has 2 rings (SSSR count). The van der Waals surface area contributed by atoms with Crippen molar-refractivity contribution in [2.75, 3.05) is 19.6 Å². The largest absolute Gasteiger partial charge is 0.337 e. The molecule has 0 bridgehead atoms. The highest BCUT2D eigenvalue weighted by molar-refractivity contribution is 7.10. The molecule has 0 radical (unpaired) electrons. The van der Waals surface area contributed by atoms with Crippen LogP contribution in [0.25, 0.3) is 0 Å². The molecular weight excluding hydrogens is 256 g/mol. The Balaban J connectivity index is 1.64. The van der Waals surface area contributed by atoms with Crippen LogP contribution in [0.1, 0.15) is 43.0 Å². The van der Waals surface area contributed by atoms with Crippen LogP contribution in [0.4, 0.5) is 0 Å². The van der Waals surface area contributed by atoms with E-state index in [0.29, 0.717) is 6.54 Å². The molecule has 0 aliphatic carbocycles. The van der Waals surface area contributed by atoms with E-state index in [1.807, 2.05) is 16.2 Å². The standard InChI is InChI=1S/C15H24N2OS/c1-2-3-4-5-8-16-11-15(18)17-9-6-14-13(12-17)7-10-19-14/h7,10,16H,2-6,8-9,11-12H2,1H3. The molecule has 4 heteroatoms. The van der Waals surface area contributed by atoms with Crippen molar-refractivity contribution < 1.29 is 4.79 Å². The van der Waals surface area contributed by atoms with Gasteiger partial charge in [0.15, 0.2) is 0 Å². The molecule has 1 aromatic rings. The number of carbonyl (C=O) groups is 1. The first-order valence-electron chi connectivity index (χ1n) is 7.35. The van der Waals surface area contributed by atoms with Gasteiger partial charge in [-0.15, -0.1) is 11.3 Å². The number of amides is 1. The molecule has 19 heavy (non-hydrogen) atoms. The van der Waals surface area contributed by atoms with Crippen molar-refractivity contribution in [2.24, 2.45) is 0 Å². The van der Waals surface area contributed by atoms with E-state index in [0.717, 1.165) is 26.1 Å². The van der Waals surface area contributed by atoms with E-state index in [2.05, 4.69) is 23.7 Å². The lowest BCUT2D eigenvalue weighted by atomic mass is 10.1. The molecule has 0 aromatic carbocycles. The lowest BCUT2D eigenvalue weighted by Crippen LogP contribution is -2.41. The van der Waals surface area contributed by atoms with Gasteiger partial charge >= 0.3 is 0 Å². The number of carbonyl (C=O) groups excluding carboxylic acids is 1. The summed E-state index contributed by atoms with van der Waals surface area (Å²) in [5.41, 5.74) is 1.34. The Labute approximate surface area is 120 Å². The van der Waals surface area contributed by atoms with E-state index in [1.165, 1.54) is 36.1 Å². The van der Waals surface area contributed by atoms with E-state index in [-0.39, 0.29) is 5.91 Å². The third kappa shape index (κ3) is 4.32. The molecule has 0 atom stereocenters. The van der Waals surface area contributed by atoms with Gasteiger partial charge < -0.3 is 10.2 Å². The molecule has 0 spiro atoms. The number of unbranched alkanes of at least 4 members (excludes halogenated alkanes) is 3. The molecule has 0 saturated carbocycles. The highest BCUT2D eigenvalue weighted by Crippen LogP contribution is 2.23. The predicted molar refractivity (Wildman–Crippen MR) is 80.5 cm³/mol. The molecular formula is C15H24N2OS. The average Bonchev–Trinajstić information content (AvgIpc) is 2.89. The molecule has 1 amide bonds. The SMILES string of the molecule is CCCCCCNCC(=O)N1CCc2sccc2C1. The highest BCUT2D eigenvalue weighted by atomic mass is 32.1. The number of nitrogens with zero attached hydrogens (tertiary/aromatic N) is 1. The van der Waals surface area contributed by atoms with Crippen LogP contribution in [0.3, 0.4) is 0 Å². The summed E-state index contributed by atoms with van der Waals surface area (Å²) in [4.78, 5) is 15.5. The van der Waals surface area contributed by atoms with Gasteiger partial charge in [-0.1, -0.05) is 26.2 Å². The number of fused-ring (bicyclic) bond motifs is 1. The lowest BCUT2D eigenvalue weighted by Gasteiger charge is -2.27. The van der Waals surface area contributed by atoms with Crippen molar-refractivity contribution in [3.8, 4) is 0 Å². The molecule has 2 heterocycles. The van der Waals surface area contributed by atoms with Gasteiger partial charge in [0, 0.05) is 18.0 Å². The van der Waals surface area contributed by atoms with E-state index < -0.39 is 0 Å². The second-order valence-corrected chi connectivity index (χ2v) is 6.17. The van der Waals surface area contributed by atoms with Crippen molar-refractivity contribution in [1.82, 2.24) is 10.2 Å². The zero-order valence-electron chi connectivity index (χ0n) is 11.8. The second kappa shape index (κ2) is 7.65. The van der Waals surface area contributed by atoms with E-state index in [9.17, 15) is 4.79 Å². The average molecular weight is 280 g/mol. The van der Waals surface area contributed by atoms with Crippen LogP contribution in [-0.2, 0) is 17.8 Å². The minimum absolute atomic E-state index is 0.243. The van der Waals surface area contributed by atoms with Gasteiger partial charge in [0.25, 0.3) is 0 Å². The van der Waals surface area contributed by atoms with E-state index in [4.69, 9.17) is 0 Å². The molecule has 1 aliphatic rings. The second-order valence-electron chi connectivity index (χ2n) is 5.17. The highest BCUT2D eigenvalue weighted by Gasteiger charge is 2.20. The molecule has 0 saturated heterocycles. The molecule has 0 unspecified atom stereocenters. The topological polar surface area (TPSA) is 32.3 Å². The number of hydrogen-bond acceptors (Lipinski definition) is 3. The quantitative estimate of drug-likeness (QED) is 0.779. The molecule has 3 nitrogen and oxygen atoms in total. The van der Waals surface area contributed by atoms with Crippen LogP contribution in [0.5, 0.6) is 0 Å². The van der Waals surface area contributed by atoms with Crippen LogP contribution < -0.4 is 5.32 Å². The van der Waals surface area contributed by atoms with E-state index in [1.54, 1.807) is 0 Å². The van der Waals surface area contributed by atoms with Gasteiger partial charge in [0.1, 0.15) is 0 Å². The maximum absolute atomic E-state index is 12.1. The van der Waals surface area contributed by atoms with Crippen molar-refractivity contribution >= 4 is 17.2 Å². The van der Waals surface area contributed by atoms with Crippen molar-refractivity contribution in [1.29, 1.82) is 0 Å². The first-order chi connectivity index (χ1) is 9.31. The normalized spacial score (nSPS) is 14.5. The maximum Gasteiger partial charge on any atom is 0.236 e. The van der Waals surface area contributed by atoms with Gasteiger partial charge in [-0.25, -0.2) is 0 Å². The Morgan fingerprint density at radius 2 is 2.32 bits per heavy atom. The van der Waals surface area contributed by atoms with Crippen molar-refractivity contribution in [3.05, 3.63) is 21.9 Å². The lowest BCUT2D eigenvalue weighted by molar-refractivity contribution is -0.131. The van der Waals surface area contributed by atoms with Gasteiger partial charge in [-0.05, 0) is 36.4 Å². The van der Waals surface area contributed by atoms with Crippen molar-refractivity contribution in [3.63, 3.8) is 0 Å². The summed E-state index contributed by atoms with van der Waals surface area (Å²) < 4.78 is 0. The maximum atomic E-state index is 12.1. The fourth-order valence-electron chi connectivity index (χ4n) is 2.45. The molecule has 1 aliphatic heterocycles. The number of hydrogen-bond donors (Lipinski definition) is 1. The number of nitrogens with one attached hydrogen (secondary N) is 1. The minimum atomic E-state index is 0.243. The summed E-state index contributed by atoms with van der Waals surface area (Å²) in [5.74, 6) is 0.243. The van der Waals surface area contributed by atoms with Gasteiger partial charge in [0.2, 0.25) is 5.91 Å². The van der Waals surface area contributed by atoms with Gasteiger partial charge in [-0.3, -0.25) is 4.79 Å². The summed E-state index contributed by atoms with van der Waals surface area (Å²) in [6, 6.07) is 2.15. The number of thiophene rings is 1. The molecule has 0 fully saturated rings. The van der Waals surface area contributed by atoms with Crippen LogP contribution in [-0.4, -0.2) is 30.4 Å². The summed E-state index contributed by atoms with van der Waals surface area (Å²) in [5, 5.41) is 5.40. The fraction of sp³-hybridized carbons (Fsp3) is 0.667.